The molecule has 0 bridgehead atoms. The fourth-order valence-electron chi connectivity index (χ4n) is 2.30. The molecule has 0 heterocycles. The Hall–Kier alpha value is -0.950. The van der Waals surface area contributed by atoms with Crippen LogP contribution in [0.2, 0.25) is 0 Å². The molecule has 0 aliphatic heterocycles. The number of benzene rings is 1. The average molecular weight is 228 g/mol. The molecule has 2 unspecified atom stereocenters. The summed E-state index contributed by atoms with van der Waals surface area (Å²) in [4.78, 5) is 1.41. The molecule has 82 valence electrons. The van der Waals surface area contributed by atoms with Crippen LogP contribution in [-0.4, -0.2) is 5.25 Å². The van der Waals surface area contributed by atoms with Gasteiger partial charge in [-0.15, -0.1) is 11.8 Å². The minimum Gasteiger partial charge on any atom is -0.122 e. The lowest BCUT2D eigenvalue weighted by molar-refractivity contribution is 0.663. The Kier molecular flexibility index (Phi) is 2.44. The van der Waals surface area contributed by atoms with E-state index >= 15 is 0 Å². The van der Waals surface area contributed by atoms with Gasteiger partial charge in [-0.3, -0.25) is 0 Å². The topological polar surface area (TPSA) is 0 Å². The predicted molar refractivity (Wildman–Crippen MR) is 70.8 cm³/mol. The summed E-state index contributed by atoms with van der Waals surface area (Å²) in [6.45, 7) is 2.14. The maximum Gasteiger partial charge on any atom is 0.0198 e. The Labute approximate surface area is 101 Å². The third kappa shape index (κ3) is 1.84. The standard InChI is InChI=1S/C15H16S/c1-12-5-7-13(8-6-12)16-14-11-15(14)9-3-2-4-10-15/h2-9,14H,10-11H2,1H3. The van der Waals surface area contributed by atoms with Gasteiger partial charge in [-0.05, 0) is 31.9 Å². The summed E-state index contributed by atoms with van der Waals surface area (Å²) in [6.07, 6.45) is 11.6. The van der Waals surface area contributed by atoms with E-state index in [1.807, 2.05) is 11.8 Å². The van der Waals surface area contributed by atoms with Crippen LogP contribution in [0.1, 0.15) is 18.4 Å². The molecular formula is C15H16S. The van der Waals surface area contributed by atoms with Crippen molar-refractivity contribution >= 4 is 11.8 Å². The maximum atomic E-state index is 2.40. The van der Waals surface area contributed by atoms with Gasteiger partial charge in [0.2, 0.25) is 0 Å². The molecule has 16 heavy (non-hydrogen) atoms. The molecule has 1 heteroatoms. The zero-order valence-electron chi connectivity index (χ0n) is 9.52. The van der Waals surface area contributed by atoms with Crippen molar-refractivity contribution in [1.82, 2.24) is 0 Å². The normalized spacial score (nSPS) is 30.9. The first-order valence-electron chi connectivity index (χ1n) is 5.86. The van der Waals surface area contributed by atoms with Crippen LogP contribution in [0, 0.1) is 12.3 Å². The molecule has 0 radical (unpaired) electrons. The van der Waals surface area contributed by atoms with Gasteiger partial charge in [-0.1, -0.05) is 42.0 Å². The van der Waals surface area contributed by atoms with E-state index in [1.54, 1.807) is 0 Å². The van der Waals surface area contributed by atoms with Crippen LogP contribution in [-0.2, 0) is 0 Å². The van der Waals surface area contributed by atoms with Crippen LogP contribution in [0.15, 0.2) is 53.5 Å². The van der Waals surface area contributed by atoms with Crippen molar-refractivity contribution in [2.45, 2.75) is 29.9 Å². The second-order valence-corrected chi connectivity index (χ2v) is 6.12. The summed E-state index contributed by atoms with van der Waals surface area (Å²) >= 11 is 2.04. The van der Waals surface area contributed by atoms with Crippen molar-refractivity contribution in [2.24, 2.45) is 5.41 Å². The lowest BCUT2D eigenvalue weighted by Gasteiger charge is -2.12. The van der Waals surface area contributed by atoms with Crippen molar-refractivity contribution < 1.29 is 0 Å². The molecule has 1 spiro atoms. The van der Waals surface area contributed by atoms with E-state index in [1.165, 1.54) is 23.3 Å². The van der Waals surface area contributed by atoms with E-state index in [9.17, 15) is 0 Å². The summed E-state index contributed by atoms with van der Waals surface area (Å²) in [6, 6.07) is 8.89. The Morgan fingerprint density at radius 1 is 1.19 bits per heavy atom. The summed E-state index contributed by atoms with van der Waals surface area (Å²) < 4.78 is 0. The summed E-state index contributed by atoms with van der Waals surface area (Å²) in [7, 11) is 0. The minimum atomic E-state index is 0.490. The molecule has 0 nitrogen and oxygen atoms in total. The third-order valence-electron chi connectivity index (χ3n) is 3.52. The molecule has 2 aliphatic rings. The summed E-state index contributed by atoms with van der Waals surface area (Å²) in [5, 5.41) is 0.788. The largest absolute Gasteiger partial charge is 0.122 e. The Morgan fingerprint density at radius 2 is 2.00 bits per heavy atom. The van der Waals surface area contributed by atoms with Crippen LogP contribution in [0.5, 0.6) is 0 Å². The third-order valence-corrected chi connectivity index (χ3v) is 4.98. The molecule has 1 fully saturated rings. The van der Waals surface area contributed by atoms with Crippen molar-refractivity contribution in [3.05, 3.63) is 54.1 Å². The highest BCUT2D eigenvalue weighted by Crippen LogP contribution is 2.60. The van der Waals surface area contributed by atoms with Crippen molar-refractivity contribution in [2.75, 3.05) is 0 Å². The Morgan fingerprint density at radius 3 is 2.69 bits per heavy atom. The van der Waals surface area contributed by atoms with E-state index in [-0.39, 0.29) is 0 Å². The van der Waals surface area contributed by atoms with E-state index in [2.05, 4.69) is 55.5 Å². The van der Waals surface area contributed by atoms with Crippen molar-refractivity contribution in [1.29, 1.82) is 0 Å². The molecule has 1 aromatic rings. The molecule has 0 aromatic heterocycles. The molecular weight excluding hydrogens is 212 g/mol. The fraction of sp³-hybridized carbons (Fsp3) is 0.333. The van der Waals surface area contributed by atoms with Crippen molar-refractivity contribution in [3.8, 4) is 0 Å². The molecule has 0 saturated heterocycles. The Bertz CT molecular complexity index is 441. The summed E-state index contributed by atoms with van der Waals surface area (Å²) in [5.41, 5.74) is 1.83. The van der Waals surface area contributed by atoms with Gasteiger partial charge in [-0.2, -0.15) is 0 Å². The number of rotatable bonds is 2. The van der Waals surface area contributed by atoms with Crippen LogP contribution in [0.4, 0.5) is 0 Å². The highest BCUT2D eigenvalue weighted by molar-refractivity contribution is 8.00. The molecule has 0 amide bonds. The zero-order chi connectivity index (χ0) is 11.0. The second kappa shape index (κ2) is 3.81. The van der Waals surface area contributed by atoms with Gasteiger partial charge in [0.25, 0.3) is 0 Å². The van der Waals surface area contributed by atoms with Gasteiger partial charge < -0.3 is 0 Å². The van der Waals surface area contributed by atoms with Crippen LogP contribution in [0.25, 0.3) is 0 Å². The van der Waals surface area contributed by atoms with Gasteiger partial charge in [0.15, 0.2) is 0 Å². The molecule has 3 rings (SSSR count). The van der Waals surface area contributed by atoms with Gasteiger partial charge in [-0.25, -0.2) is 0 Å². The number of hydrogen-bond donors (Lipinski definition) is 0. The van der Waals surface area contributed by atoms with Crippen LogP contribution < -0.4 is 0 Å². The van der Waals surface area contributed by atoms with E-state index in [0.29, 0.717) is 5.41 Å². The highest BCUT2D eigenvalue weighted by atomic mass is 32.2. The zero-order valence-corrected chi connectivity index (χ0v) is 10.3. The van der Waals surface area contributed by atoms with E-state index in [4.69, 9.17) is 0 Å². The van der Waals surface area contributed by atoms with Crippen LogP contribution >= 0.6 is 11.8 Å². The lowest BCUT2D eigenvalue weighted by Crippen LogP contribution is -2.01. The van der Waals surface area contributed by atoms with Gasteiger partial charge in [0, 0.05) is 15.6 Å². The van der Waals surface area contributed by atoms with Gasteiger partial charge in [0.1, 0.15) is 0 Å². The molecule has 1 saturated carbocycles. The quantitative estimate of drug-likeness (QED) is 0.724. The molecule has 1 aromatic carbocycles. The number of hydrogen-bond acceptors (Lipinski definition) is 1. The smallest absolute Gasteiger partial charge is 0.0198 e. The number of aryl methyl sites for hydroxylation is 1. The Balaban J connectivity index is 1.68. The molecule has 2 atom stereocenters. The number of allylic oxidation sites excluding steroid dienone is 4. The summed E-state index contributed by atoms with van der Waals surface area (Å²) in [5.74, 6) is 0. The second-order valence-electron chi connectivity index (χ2n) is 4.85. The maximum absolute atomic E-state index is 2.40. The first-order chi connectivity index (χ1) is 7.78. The van der Waals surface area contributed by atoms with Crippen molar-refractivity contribution in [3.63, 3.8) is 0 Å². The highest BCUT2D eigenvalue weighted by Gasteiger charge is 2.51. The molecule has 0 N–H and O–H groups in total. The van der Waals surface area contributed by atoms with Gasteiger partial charge in [0.05, 0.1) is 0 Å². The van der Waals surface area contributed by atoms with E-state index < -0.39 is 0 Å². The number of thioether (sulfide) groups is 1. The van der Waals surface area contributed by atoms with Crippen LogP contribution in [0.3, 0.4) is 0 Å². The molecule has 2 aliphatic carbocycles. The van der Waals surface area contributed by atoms with E-state index in [0.717, 1.165) is 5.25 Å². The lowest BCUT2D eigenvalue weighted by atomic mass is 9.98. The SMILES string of the molecule is Cc1ccc(SC2CC23C=CC=CC3)cc1. The average Bonchev–Trinajstić information content (AvgIpc) is 2.95. The predicted octanol–water partition coefficient (Wildman–Crippen LogP) is 4.36. The first kappa shape index (κ1) is 10.2. The first-order valence-corrected chi connectivity index (χ1v) is 6.74. The fourth-order valence-corrected chi connectivity index (χ4v) is 3.72. The monoisotopic (exact) mass is 228 g/mol. The van der Waals surface area contributed by atoms with Gasteiger partial charge >= 0.3 is 0 Å². The minimum absolute atomic E-state index is 0.490.